The Hall–Kier alpha value is -3.66. The van der Waals surface area contributed by atoms with Crippen LogP contribution in [0.15, 0.2) is 129 Å². The van der Waals surface area contributed by atoms with E-state index >= 15 is 0 Å². The lowest BCUT2D eigenvalue weighted by atomic mass is 10.2. The third kappa shape index (κ3) is 6.48. The standard InChI is InChI=1S/C26H23N3O4S2/c30-29(31)24-16-18-25(19-17-24)34(27-35(32,33)26-14-8-3-9-15-26)28(20-22-10-4-1-5-11-22)21-23-12-6-2-7-13-23/h1-19H,20-21H2. The van der Waals surface area contributed by atoms with E-state index in [9.17, 15) is 18.5 Å². The van der Waals surface area contributed by atoms with Gasteiger partial charge >= 0.3 is 0 Å². The van der Waals surface area contributed by atoms with Gasteiger partial charge in [-0.15, -0.1) is 3.77 Å². The number of nitro groups is 1. The topological polar surface area (TPSA) is 92.9 Å². The molecular formula is C26H23N3O4S2. The van der Waals surface area contributed by atoms with Gasteiger partial charge in [0, 0.05) is 41.0 Å². The van der Waals surface area contributed by atoms with Gasteiger partial charge in [-0.1, -0.05) is 78.9 Å². The van der Waals surface area contributed by atoms with Gasteiger partial charge in [0.15, 0.2) is 0 Å². The molecule has 0 amide bonds. The van der Waals surface area contributed by atoms with Crippen LogP contribution in [0.4, 0.5) is 5.69 Å². The monoisotopic (exact) mass is 505 g/mol. The number of hydrogen-bond donors (Lipinski definition) is 0. The van der Waals surface area contributed by atoms with Gasteiger partial charge in [-0.25, -0.2) is 4.31 Å². The molecule has 0 saturated heterocycles. The minimum absolute atomic E-state index is 0.0686. The zero-order valence-electron chi connectivity index (χ0n) is 18.7. The van der Waals surface area contributed by atoms with Crippen LogP contribution < -0.4 is 0 Å². The quantitative estimate of drug-likeness (QED) is 0.213. The van der Waals surface area contributed by atoms with E-state index in [-0.39, 0.29) is 10.6 Å². The SMILES string of the molecule is O=[N+]([O-])c1ccc(/S(=N\S(=O)(=O)c2ccccc2)N(Cc2ccccc2)Cc2ccccc2)cc1. The van der Waals surface area contributed by atoms with Crippen molar-refractivity contribution >= 4 is 26.6 Å². The van der Waals surface area contributed by atoms with E-state index in [0.717, 1.165) is 11.1 Å². The van der Waals surface area contributed by atoms with Gasteiger partial charge in [-0.2, -0.15) is 8.42 Å². The number of hydrogen-bond acceptors (Lipinski definition) is 4. The lowest BCUT2D eigenvalue weighted by Crippen LogP contribution is -2.26. The number of nitrogens with zero attached hydrogens (tertiary/aromatic N) is 3. The molecule has 4 rings (SSSR count). The van der Waals surface area contributed by atoms with Crippen LogP contribution in [-0.2, 0) is 34.0 Å². The van der Waals surface area contributed by atoms with E-state index in [1.54, 1.807) is 30.3 Å². The van der Waals surface area contributed by atoms with Crippen molar-refractivity contribution in [3.8, 4) is 0 Å². The molecule has 178 valence electrons. The lowest BCUT2D eigenvalue weighted by Gasteiger charge is -2.25. The molecule has 0 bridgehead atoms. The van der Waals surface area contributed by atoms with E-state index in [1.165, 1.54) is 24.3 Å². The molecule has 0 saturated carbocycles. The Balaban J connectivity index is 1.85. The summed E-state index contributed by atoms with van der Waals surface area (Å²) >= 11 is 0. The summed E-state index contributed by atoms with van der Waals surface area (Å²) in [6.07, 6.45) is 0. The number of benzene rings is 4. The fraction of sp³-hybridized carbons (Fsp3) is 0.0769. The molecule has 4 aromatic carbocycles. The van der Waals surface area contributed by atoms with Crippen molar-refractivity contribution in [2.75, 3.05) is 0 Å². The molecule has 0 aromatic heterocycles. The molecule has 1 atom stereocenters. The molecule has 0 heterocycles. The van der Waals surface area contributed by atoms with Crippen LogP contribution in [0.5, 0.6) is 0 Å². The third-order valence-electron chi connectivity index (χ3n) is 5.12. The number of rotatable bonds is 9. The minimum Gasteiger partial charge on any atom is -0.258 e. The lowest BCUT2D eigenvalue weighted by molar-refractivity contribution is -0.384. The summed E-state index contributed by atoms with van der Waals surface area (Å²) < 4.78 is 33.0. The highest BCUT2D eigenvalue weighted by Gasteiger charge is 2.21. The molecule has 0 aliphatic heterocycles. The Labute approximate surface area is 207 Å². The van der Waals surface area contributed by atoms with E-state index < -0.39 is 25.8 Å². The second kappa shape index (κ2) is 11.2. The number of nitro benzene ring substituents is 1. The van der Waals surface area contributed by atoms with Crippen LogP contribution in [0.25, 0.3) is 0 Å². The van der Waals surface area contributed by atoms with Gasteiger partial charge in [0.1, 0.15) is 0 Å². The molecule has 4 aromatic rings. The third-order valence-corrected chi connectivity index (χ3v) is 8.78. The van der Waals surface area contributed by atoms with Crippen LogP contribution in [0.3, 0.4) is 0 Å². The van der Waals surface area contributed by atoms with Crippen LogP contribution in [-0.4, -0.2) is 17.6 Å². The van der Waals surface area contributed by atoms with E-state index in [2.05, 4.69) is 3.77 Å². The molecule has 0 radical (unpaired) electrons. The molecule has 0 aliphatic rings. The van der Waals surface area contributed by atoms with Gasteiger partial charge in [-0.05, 0) is 35.4 Å². The second-order valence-electron chi connectivity index (χ2n) is 7.65. The molecule has 0 fully saturated rings. The van der Waals surface area contributed by atoms with Crippen molar-refractivity contribution in [3.63, 3.8) is 0 Å². The van der Waals surface area contributed by atoms with Crippen molar-refractivity contribution in [2.24, 2.45) is 3.77 Å². The molecule has 0 N–H and O–H groups in total. The molecular weight excluding hydrogens is 482 g/mol. The maximum Gasteiger partial charge on any atom is 0.289 e. The first-order chi connectivity index (χ1) is 16.9. The van der Waals surface area contributed by atoms with Gasteiger partial charge in [-0.3, -0.25) is 10.1 Å². The molecule has 7 nitrogen and oxygen atoms in total. The summed E-state index contributed by atoms with van der Waals surface area (Å²) in [6, 6.07) is 33.4. The van der Waals surface area contributed by atoms with E-state index in [1.807, 2.05) is 65.0 Å². The first-order valence-electron chi connectivity index (χ1n) is 10.8. The van der Waals surface area contributed by atoms with Crippen molar-refractivity contribution in [1.29, 1.82) is 0 Å². The Kier molecular flexibility index (Phi) is 7.81. The molecule has 1 unspecified atom stereocenters. The van der Waals surface area contributed by atoms with Crippen molar-refractivity contribution in [2.45, 2.75) is 22.9 Å². The molecule has 35 heavy (non-hydrogen) atoms. The summed E-state index contributed by atoms with van der Waals surface area (Å²) in [5.74, 6) is 0. The predicted molar refractivity (Wildman–Crippen MR) is 137 cm³/mol. The Morgan fingerprint density at radius 2 is 1.17 bits per heavy atom. The van der Waals surface area contributed by atoms with Crippen LogP contribution in [0, 0.1) is 10.1 Å². The number of sulfonamides is 1. The first kappa shape index (κ1) is 24.5. The first-order valence-corrected chi connectivity index (χ1v) is 13.3. The van der Waals surface area contributed by atoms with Gasteiger partial charge in [0.25, 0.3) is 15.7 Å². The van der Waals surface area contributed by atoms with Gasteiger partial charge in [0.05, 0.1) is 9.82 Å². The summed E-state index contributed by atoms with van der Waals surface area (Å²) in [7, 11) is -5.27. The highest BCUT2D eigenvalue weighted by molar-refractivity contribution is 7.99. The Morgan fingerprint density at radius 3 is 1.63 bits per heavy atom. The fourth-order valence-electron chi connectivity index (χ4n) is 3.41. The van der Waals surface area contributed by atoms with Crippen LogP contribution in [0.2, 0.25) is 0 Å². The molecule has 9 heteroatoms. The second-order valence-corrected chi connectivity index (χ2v) is 11.2. The fourth-order valence-corrected chi connectivity index (χ4v) is 6.94. The summed E-state index contributed by atoms with van der Waals surface area (Å²) in [5, 5.41) is 11.2. The molecule has 0 aliphatic carbocycles. The van der Waals surface area contributed by atoms with Gasteiger partial charge in [0.2, 0.25) is 0 Å². The largest absolute Gasteiger partial charge is 0.289 e. The maximum absolute atomic E-state index is 13.3. The zero-order valence-corrected chi connectivity index (χ0v) is 20.3. The zero-order chi connectivity index (χ0) is 24.7. The smallest absolute Gasteiger partial charge is 0.258 e. The highest BCUT2D eigenvalue weighted by Crippen LogP contribution is 2.25. The van der Waals surface area contributed by atoms with Crippen molar-refractivity contribution in [3.05, 3.63) is 137 Å². The van der Waals surface area contributed by atoms with Crippen molar-refractivity contribution < 1.29 is 13.3 Å². The van der Waals surface area contributed by atoms with Crippen LogP contribution >= 0.6 is 0 Å². The van der Waals surface area contributed by atoms with E-state index in [0.29, 0.717) is 18.0 Å². The maximum atomic E-state index is 13.3. The molecule has 0 spiro atoms. The average Bonchev–Trinajstić information content (AvgIpc) is 2.89. The predicted octanol–water partition coefficient (Wildman–Crippen LogP) is 5.76. The van der Waals surface area contributed by atoms with Crippen LogP contribution in [0.1, 0.15) is 11.1 Å². The van der Waals surface area contributed by atoms with Gasteiger partial charge < -0.3 is 0 Å². The highest BCUT2D eigenvalue weighted by atomic mass is 32.3. The van der Waals surface area contributed by atoms with E-state index in [4.69, 9.17) is 0 Å². The number of non-ortho nitro benzene ring substituents is 1. The Bertz CT molecular complexity index is 1370. The summed E-state index contributed by atoms with van der Waals surface area (Å²) in [5.41, 5.74) is 1.92. The average molecular weight is 506 g/mol. The summed E-state index contributed by atoms with van der Waals surface area (Å²) in [4.78, 5) is 11.4. The summed E-state index contributed by atoms with van der Waals surface area (Å²) in [6.45, 7) is 0.868. The normalized spacial score (nSPS) is 12.5. The Morgan fingerprint density at radius 1 is 0.714 bits per heavy atom. The van der Waals surface area contributed by atoms with Crippen molar-refractivity contribution in [1.82, 2.24) is 4.31 Å². The minimum atomic E-state index is -4.00.